The number of oxazole rings is 1. The van der Waals surface area contributed by atoms with Crippen LogP contribution in [0.3, 0.4) is 0 Å². The van der Waals surface area contributed by atoms with Gasteiger partial charge < -0.3 is 9.73 Å². The molecule has 24 heavy (non-hydrogen) atoms. The van der Waals surface area contributed by atoms with E-state index in [1.807, 2.05) is 0 Å². The molecule has 3 aromatic heterocycles. The maximum Gasteiger partial charge on any atom is 0.293 e. The van der Waals surface area contributed by atoms with Crippen LogP contribution in [0.25, 0.3) is 11.5 Å². The van der Waals surface area contributed by atoms with Crippen molar-refractivity contribution in [3.63, 3.8) is 0 Å². The molecule has 0 spiro atoms. The molecule has 0 aromatic carbocycles. The van der Waals surface area contributed by atoms with E-state index in [0.717, 1.165) is 0 Å². The second-order valence-corrected chi connectivity index (χ2v) is 5.02. The van der Waals surface area contributed by atoms with Gasteiger partial charge in [-0.25, -0.2) is 13.8 Å². The number of alkyl halides is 2. The molecule has 0 aliphatic heterocycles. The zero-order valence-electron chi connectivity index (χ0n) is 12.8. The monoisotopic (exact) mass is 333 g/mol. The number of pyridine rings is 1. The van der Waals surface area contributed by atoms with E-state index in [2.05, 4.69) is 20.4 Å². The lowest BCUT2D eigenvalue weighted by Crippen LogP contribution is -2.11. The molecule has 7 nitrogen and oxygen atoms in total. The fourth-order valence-electron chi connectivity index (χ4n) is 2.16. The standard InChI is InChI=1S/C15H13F2N5O2/c1-8-9(4-3-5-18-8)15-19-6-11(24-15)14(23)20-10-7-22(2)21-12(10)13(16)17/h3-7,13H,1-2H3,(H,20,23). The number of aromatic nitrogens is 4. The van der Waals surface area contributed by atoms with Crippen molar-refractivity contribution < 1.29 is 18.0 Å². The number of rotatable bonds is 4. The summed E-state index contributed by atoms with van der Waals surface area (Å²) in [5.74, 6) is -0.562. The van der Waals surface area contributed by atoms with Crippen LogP contribution in [0.5, 0.6) is 0 Å². The Balaban J connectivity index is 1.84. The van der Waals surface area contributed by atoms with E-state index in [-0.39, 0.29) is 17.3 Å². The predicted octanol–water partition coefficient (Wildman–Crippen LogP) is 2.97. The minimum atomic E-state index is -2.80. The molecule has 0 aliphatic carbocycles. The zero-order valence-corrected chi connectivity index (χ0v) is 12.8. The molecule has 0 bridgehead atoms. The molecule has 0 saturated heterocycles. The first-order valence-electron chi connectivity index (χ1n) is 6.96. The average molecular weight is 333 g/mol. The van der Waals surface area contributed by atoms with Crippen molar-refractivity contribution in [3.8, 4) is 11.5 Å². The van der Waals surface area contributed by atoms with Gasteiger partial charge in [-0.3, -0.25) is 14.5 Å². The van der Waals surface area contributed by atoms with Crippen LogP contribution in [0, 0.1) is 6.92 Å². The van der Waals surface area contributed by atoms with Gasteiger partial charge in [-0.2, -0.15) is 5.10 Å². The van der Waals surface area contributed by atoms with Gasteiger partial charge in [-0.15, -0.1) is 0 Å². The van der Waals surface area contributed by atoms with Crippen molar-refractivity contribution in [2.45, 2.75) is 13.3 Å². The first-order chi connectivity index (χ1) is 11.5. The summed E-state index contributed by atoms with van der Waals surface area (Å²) < 4.78 is 32.4. The molecule has 1 N–H and O–H groups in total. The molecule has 0 radical (unpaired) electrons. The van der Waals surface area contributed by atoms with Gasteiger partial charge in [0.25, 0.3) is 12.3 Å². The number of carbonyl (C=O) groups is 1. The topological polar surface area (TPSA) is 85.8 Å². The third-order valence-electron chi connectivity index (χ3n) is 3.28. The Morgan fingerprint density at radius 1 is 1.38 bits per heavy atom. The molecule has 3 heterocycles. The van der Waals surface area contributed by atoms with E-state index in [0.29, 0.717) is 11.3 Å². The summed E-state index contributed by atoms with van der Waals surface area (Å²) in [7, 11) is 1.49. The maximum absolute atomic E-state index is 12.9. The fraction of sp³-hybridized carbons (Fsp3) is 0.200. The maximum atomic E-state index is 12.9. The van der Waals surface area contributed by atoms with Crippen LogP contribution in [0.15, 0.2) is 35.1 Å². The van der Waals surface area contributed by atoms with Gasteiger partial charge in [0, 0.05) is 25.1 Å². The number of halogens is 2. The highest BCUT2D eigenvalue weighted by atomic mass is 19.3. The molecular weight excluding hydrogens is 320 g/mol. The molecule has 0 fully saturated rings. The highest BCUT2D eigenvalue weighted by molar-refractivity contribution is 6.02. The second kappa shape index (κ2) is 6.19. The number of aryl methyl sites for hydroxylation is 2. The Labute approximate surface area is 135 Å². The van der Waals surface area contributed by atoms with Crippen molar-refractivity contribution in [1.82, 2.24) is 19.7 Å². The molecule has 9 heteroatoms. The molecule has 3 rings (SSSR count). The van der Waals surface area contributed by atoms with Crippen LogP contribution in [0.4, 0.5) is 14.5 Å². The van der Waals surface area contributed by atoms with Gasteiger partial charge in [0.2, 0.25) is 11.7 Å². The molecule has 1 amide bonds. The third-order valence-corrected chi connectivity index (χ3v) is 3.28. The van der Waals surface area contributed by atoms with E-state index in [4.69, 9.17) is 4.42 Å². The summed E-state index contributed by atoms with van der Waals surface area (Å²) in [6.45, 7) is 1.78. The molecule has 3 aromatic rings. The van der Waals surface area contributed by atoms with Gasteiger partial charge in [0.1, 0.15) is 0 Å². The normalized spacial score (nSPS) is 11.0. The third kappa shape index (κ3) is 3.00. The lowest BCUT2D eigenvalue weighted by Gasteiger charge is -2.02. The summed E-state index contributed by atoms with van der Waals surface area (Å²) in [6.07, 6.45) is 1.35. The highest BCUT2D eigenvalue weighted by Crippen LogP contribution is 2.26. The minimum Gasteiger partial charge on any atom is -0.431 e. The lowest BCUT2D eigenvalue weighted by atomic mass is 10.2. The second-order valence-electron chi connectivity index (χ2n) is 5.02. The lowest BCUT2D eigenvalue weighted by molar-refractivity contribution is 0.0996. The van der Waals surface area contributed by atoms with E-state index in [1.165, 1.54) is 24.1 Å². The number of hydrogen-bond donors (Lipinski definition) is 1. The smallest absolute Gasteiger partial charge is 0.293 e. The molecular formula is C15H13F2N5O2. The van der Waals surface area contributed by atoms with Crippen LogP contribution >= 0.6 is 0 Å². The van der Waals surface area contributed by atoms with E-state index in [9.17, 15) is 13.6 Å². The van der Waals surface area contributed by atoms with Crippen molar-refractivity contribution in [3.05, 3.63) is 47.9 Å². The van der Waals surface area contributed by atoms with E-state index >= 15 is 0 Å². The van der Waals surface area contributed by atoms with Crippen LogP contribution in [-0.2, 0) is 7.05 Å². The van der Waals surface area contributed by atoms with Gasteiger partial charge in [0.05, 0.1) is 17.4 Å². The van der Waals surface area contributed by atoms with Crippen LogP contribution < -0.4 is 5.32 Å². The Morgan fingerprint density at radius 2 is 2.17 bits per heavy atom. The summed E-state index contributed by atoms with van der Waals surface area (Å²) in [5, 5.41) is 5.98. The van der Waals surface area contributed by atoms with Gasteiger partial charge in [-0.05, 0) is 19.1 Å². The number of hydrogen-bond acceptors (Lipinski definition) is 5. The largest absolute Gasteiger partial charge is 0.431 e. The summed E-state index contributed by atoms with van der Waals surface area (Å²) in [4.78, 5) is 20.3. The zero-order chi connectivity index (χ0) is 17.3. The minimum absolute atomic E-state index is 0.0759. The van der Waals surface area contributed by atoms with E-state index in [1.54, 1.807) is 25.3 Å². The quantitative estimate of drug-likeness (QED) is 0.793. The highest BCUT2D eigenvalue weighted by Gasteiger charge is 2.21. The van der Waals surface area contributed by atoms with Gasteiger partial charge >= 0.3 is 0 Å². The van der Waals surface area contributed by atoms with Crippen molar-refractivity contribution >= 4 is 11.6 Å². The summed E-state index contributed by atoms with van der Waals surface area (Å²) in [5.41, 5.74) is 0.756. The van der Waals surface area contributed by atoms with Crippen molar-refractivity contribution in [2.24, 2.45) is 7.05 Å². The molecule has 0 unspecified atom stereocenters. The van der Waals surface area contributed by atoms with Crippen LogP contribution in [0.1, 0.15) is 28.4 Å². The Morgan fingerprint density at radius 3 is 2.88 bits per heavy atom. The van der Waals surface area contributed by atoms with E-state index < -0.39 is 18.0 Å². The van der Waals surface area contributed by atoms with Gasteiger partial charge in [-0.1, -0.05) is 0 Å². The average Bonchev–Trinajstić information content (AvgIpc) is 3.14. The molecule has 0 saturated carbocycles. The summed E-state index contributed by atoms with van der Waals surface area (Å²) in [6, 6.07) is 3.47. The Bertz CT molecular complexity index is 888. The Kier molecular flexibility index (Phi) is 4.07. The number of anilines is 1. The first kappa shape index (κ1) is 15.8. The van der Waals surface area contributed by atoms with Gasteiger partial charge in [0.15, 0.2) is 5.69 Å². The number of nitrogens with zero attached hydrogens (tertiary/aromatic N) is 4. The first-order valence-corrected chi connectivity index (χ1v) is 6.96. The van der Waals surface area contributed by atoms with Crippen LogP contribution in [-0.4, -0.2) is 25.7 Å². The van der Waals surface area contributed by atoms with Crippen LogP contribution in [0.2, 0.25) is 0 Å². The SMILES string of the molecule is Cc1ncccc1-c1ncc(C(=O)Nc2cn(C)nc2C(F)F)o1. The Hall–Kier alpha value is -3.10. The molecule has 0 atom stereocenters. The molecule has 124 valence electrons. The number of nitrogens with one attached hydrogen (secondary N) is 1. The number of carbonyl (C=O) groups excluding carboxylic acids is 1. The molecule has 0 aliphatic rings. The van der Waals surface area contributed by atoms with Crippen molar-refractivity contribution in [2.75, 3.05) is 5.32 Å². The fourth-order valence-corrected chi connectivity index (χ4v) is 2.16. The predicted molar refractivity (Wildman–Crippen MR) is 80.6 cm³/mol. The summed E-state index contributed by atoms with van der Waals surface area (Å²) >= 11 is 0. The van der Waals surface area contributed by atoms with Crippen molar-refractivity contribution in [1.29, 1.82) is 0 Å². The number of amides is 1.